The van der Waals surface area contributed by atoms with Crippen LogP contribution in [0.25, 0.3) is 0 Å². The summed E-state index contributed by atoms with van der Waals surface area (Å²) in [6, 6.07) is 6.55. The number of alkyl halides is 1. The Labute approximate surface area is 100 Å². The Morgan fingerprint density at radius 2 is 2.27 bits per heavy atom. The van der Waals surface area contributed by atoms with Gasteiger partial charge in [0, 0.05) is 18.1 Å². The molecule has 0 aromatic heterocycles. The summed E-state index contributed by atoms with van der Waals surface area (Å²) in [7, 11) is 0. The SMILES string of the molecule is ClCCSCCc1ccc2c(c1)CCO2. The van der Waals surface area contributed by atoms with Gasteiger partial charge in [-0.05, 0) is 29.4 Å². The Morgan fingerprint density at radius 3 is 3.13 bits per heavy atom. The van der Waals surface area contributed by atoms with Gasteiger partial charge in [-0.3, -0.25) is 0 Å². The summed E-state index contributed by atoms with van der Waals surface area (Å²) in [5, 5.41) is 0. The number of hydrogen-bond acceptors (Lipinski definition) is 2. The summed E-state index contributed by atoms with van der Waals surface area (Å²) in [6.07, 6.45) is 2.20. The average Bonchev–Trinajstić information content (AvgIpc) is 2.71. The lowest BCUT2D eigenvalue weighted by molar-refractivity contribution is 0.357. The molecule has 0 spiro atoms. The molecule has 0 bridgehead atoms. The van der Waals surface area contributed by atoms with Gasteiger partial charge in [0.05, 0.1) is 6.61 Å². The van der Waals surface area contributed by atoms with Gasteiger partial charge in [0.25, 0.3) is 0 Å². The van der Waals surface area contributed by atoms with Crippen molar-refractivity contribution in [3.05, 3.63) is 29.3 Å². The molecule has 0 atom stereocenters. The zero-order chi connectivity index (χ0) is 10.5. The summed E-state index contributed by atoms with van der Waals surface area (Å²) >= 11 is 7.54. The predicted molar refractivity (Wildman–Crippen MR) is 67.4 cm³/mol. The molecule has 0 saturated heterocycles. The van der Waals surface area contributed by atoms with Crippen LogP contribution in [0.4, 0.5) is 0 Å². The second-order valence-electron chi connectivity index (χ2n) is 3.59. The Hall–Kier alpha value is -0.340. The molecule has 15 heavy (non-hydrogen) atoms. The first-order valence-electron chi connectivity index (χ1n) is 5.28. The number of aryl methyl sites for hydroxylation is 1. The highest BCUT2D eigenvalue weighted by Crippen LogP contribution is 2.26. The molecule has 0 aliphatic carbocycles. The summed E-state index contributed by atoms with van der Waals surface area (Å²) < 4.78 is 5.47. The van der Waals surface area contributed by atoms with Gasteiger partial charge < -0.3 is 4.74 Å². The van der Waals surface area contributed by atoms with Crippen LogP contribution in [0.3, 0.4) is 0 Å². The summed E-state index contributed by atoms with van der Waals surface area (Å²) in [4.78, 5) is 0. The van der Waals surface area contributed by atoms with E-state index in [1.54, 1.807) is 0 Å². The van der Waals surface area contributed by atoms with E-state index in [9.17, 15) is 0 Å². The molecule has 1 aromatic carbocycles. The van der Waals surface area contributed by atoms with Crippen LogP contribution >= 0.6 is 23.4 Å². The molecule has 3 heteroatoms. The third kappa shape index (κ3) is 3.05. The van der Waals surface area contributed by atoms with Crippen LogP contribution in [0.1, 0.15) is 11.1 Å². The summed E-state index contributed by atoms with van der Waals surface area (Å²) in [5.74, 6) is 4.04. The highest BCUT2D eigenvalue weighted by atomic mass is 35.5. The van der Waals surface area contributed by atoms with Crippen LogP contribution in [0, 0.1) is 0 Å². The van der Waals surface area contributed by atoms with Crippen molar-refractivity contribution < 1.29 is 4.74 Å². The van der Waals surface area contributed by atoms with E-state index < -0.39 is 0 Å². The molecule has 1 nitrogen and oxygen atoms in total. The molecular formula is C12H15ClOS. The first-order chi connectivity index (χ1) is 7.40. The molecule has 1 aliphatic heterocycles. The highest BCUT2D eigenvalue weighted by molar-refractivity contribution is 7.99. The highest BCUT2D eigenvalue weighted by Gasteiger charge is 2.11. The molecule has 0 unspecified atom stereocenters. The van der Waals surface area contributed by atoms with E-state index in [-0.39, 0.29) is 0 Å². The van der Waals surface area contributed by atoms with E-state index in [4.69, 9.17) is 16.3 Å². The average molecular weight is 243 g/mol. The van der Waals surface area contributed by atoms with Crippen LogP contribution in [0.5, 0.6) is 5.75 Å². The Bertz CT molecular complexity index is 327. The van der Waals surface area contributed by atoms with Crippen molar-refractivity contribution in [2.75, 3.05) is 24.0 Å². The molecule has 0 fully saturated rings. The second kappa shape index (κ2) is 5.66. The van der Waals surface area contributed by atoms with Gasteiger partial charge in [0.1, 0.15) is 5.75 Å². The van der Waals surface area contributed by atoms with Crippen LogP contribution in [0.15, 0.2) is 18.2 Å². The van der Waals surface area contributed by atoms with Crippen molar-refractivity contribution in [3.63, 3.8) is 0 Å². The maximum absolute atomic E-state index is 5.62. The topological polar surface area (TPSA) is 9.23 Å². The third-order valence-electron chi connectivity index (χ3n) is 2.51. The number of hydrogen-bond donors (Lipinski definition) is 0. The van der Waals surface area contributed by atoms with Gasteiger partial charge in [-0.15, -0.1) is 11.6 Å². The Kier molecular flexibility index (Phi) is 4.21. The maximum Gasteiger partial charge on any atom is 0.122 e. The Balaban J connectivity index is 1.87. The first kappa shape index (κ1) is 11.2. The van der Waals surface area contributed by atoms with Crippen LogP contribution in [0.2, 0.25) is 0 Å². The fraction of sp³-hybridized carbons (Fsp3) is 0.500. The predicted octanol–water partition coefficient (Wildman–Crippen LogP) is 3.14. The van der Waals surface area contributed by atoms with Crippen molar-refractivity contribution in [2.24, 2.45) is 0 Å². The standard InChI is InChI=1S/C12H15ClOS/c13-5-8-15-7-4-10-1-2-12-11(9-10)3-6-14-12/h1-2,9H,3-8H2. The third-order valence-corrected chi connectivity index (χ3v) is 3.91. The maximum atomic E-state index is 5.62. The van der Waals surface area contributed by atoms with E-state index >= 15 is 0 Å². The number of halogens is 1. The summed E-state index contributed by atoms with van der Waals surface area (Å²) in [6.45, 7) is 0.847. The van der Waals surface area contributed by atoms with Crippen LogP contribution in [-0.4, -0.2) is 24.0 Å². The number of thioether (sulfide) groups is 1. The van der Waals surface area contributed by atoms with Crippen molar-refractivity contribution >= 4 is 23.4 Å². The molecule has 1 aromatic rings. The molecule has 82 valence electrons. The van der Waals surface area contributed by atoms with Gasteiger partial charge in [-0.2, -0.15) is 11.8 Å². The largest absolute Gasteiger partial charge is 0.493 e. The molecular weight excluding hydrogens is 228 g/mol. The van der Waals surface area contributed by atoms with Gasteiger partial charge in [0.15, 0.2) is 0 Å². The van der Waals surface area contributed by atoms with Gasteiger partial charge >= 0.3 is 0 Å². The fourth-order valence-electron chi connectivity index (χ4n) is 1.74. The first-order valence-corrected chi connectivity index (χ1v) is 6.97. The minimum atomic E-state index is 0.753. The lowest BCUT2D eigenvalue weighted by atomic mass is 10.1. The van der Waals surface area contributed by atoms with E-state index in [0.29, 0.717) is 0 Å². The Morgan fingerprint density at radius 1 is 1.33 bits per heavy atom. The summed E-state index contributed by atoms with van der Waals surface area (Å²) in [5.41, 5.74) is 2.79. The normalized spacial score (nSPS) is 13.7. The van der Waals surface area contributed by atoms with Crippen molar-refractivity contribution in [1.29, 1.82) is 0 Å². The number of ether oxygens (including phenoxy) is 1. The number of fused-ring (bicyclic) bond motifs is 1. The molecule has 0 radical (unpaired) electrons. The van der Waals surface area contributed by atoms with E-state index in [1.807, 2.05) is 11.8 Å². The smallest absolute Gasteiger partial charge is 0.122 e. The molecule has 2 rings (SSSR count). The minimum Gasteiger partial charge on any atom is -0.493 e. The van der Waals surface area contributed by atoms with Gasteiger partial charge in [-0.25, -0.2) is 0 Å². The minimum absolute atomic E-state index is 0.753. The van der Waals surface area contributed by atoms with Crippen molar-refractivity contribution in [1.82, 2.24) is 0 Å². The molecule has 0 amide bonds. The lowest BCUT2D eigenvalue weighted by Gasteiger charge is -2.03. The molecule has 0 N–H and O–H groups in total. The lowest BCUT2D eigenvalue weighted by Crippen LogP contribution is -1.91. The van der Waals surface area contributed by atoms with Crippen LogP contribution < -0.4 is 4.74 Å². The number of benzene rings is 1. The van der Waals surface area contributed by atoms with Crippen LogP contribution in [-0.2, 0) is 12.8 Å². The van der Waals surface area contributed by atoms with Gasteiger partial charge in [0.2, 0.25) is 0 Å². The molecule has 1 aliphatic rings. The zero-order valence-electron chi connectivity index (χ0n) is 8.67. The number of rotatable bonds is 5. The second-order valence-corrected chi connectivity index (χ2v) is 5.19. The van der Waals surface area contributed by atoms with Crippen molar-refractivity contribution in [2.45, 2.75) is 12.8 Å². The van der Waals surface area contributed by atoms with E-state index in [2.05, 4.69) is 18.2 Å². The quantitative estimate of drug-likeness (QED) is 0.580. The molecule has 0 saturated carbocycles. The fourth-order valence-corrected chi connectivity index (χ4v) is 2.76. The van der Waals surface area contributed by atoms with E-state index in [1.165, 1.54) is 11.1 Å². The zero-order valence-corrected chi connectivity index (χ0v) is 10.2. The molecule has 1 heterocycles. The van der Waals surface area contributed by atoms with E-state index in [0.717, 1.165) is 42.6 Å². The van der Waals surface area contributed by atoms with Gasteiger partial charge in [-0.1, -0.05) is 12.1 Å². The monoisotopic (exact) mass is 242 g/mol. The van der Waals surface area contributed by atoms with Crippen molar-refractivity contribution in [3.8, 4) is 5.75 Å².